The molecule has 2 heterocycles. The quantitative estimate of drug-likeness (QED) is 0.908. The highest BCUT2D eigenvalue weighted by molar-refractivity contribution is 5.74. The van der Waals surface area contributed by atoms with Crippen LogP contribution in [0.25, 0.3) is 11.1 Å². The number of nitrogens with one attached hydrogen (secondary N) is 1. The van der Waals surface area contributed by atoms with Crippen molar-refractivity contribution in [1.29, 1.82) is 0 Å². The molecule has 0 spiro atoms. The van der Waals surface area contributed by atoms with Gasteiger partial charge < -0.3 is 24.6 Å². The molecule has 2 N–H and O–H groups in total. The van der Waals surface area contributed by atoms with Crippen LogP contribution in [-0.4, -0.2) is 32.1 Å². The highest BCUT2D eigenvalue weighted by Gasteiger charge is 2.31. The summed E-state index contributed by atoms with van der Waals surface area (Å²) in [6, 6.07) is 11.8. The average Bonchev–Trinajstić information content (AvgIpc) is 3.09. The van der Waals surface area contributed by atoms with Gasteiger partial charge in [0.2, 0.25) is 6.79 Å². The summed E-state index contributed by atoms with van der Waals surface area (Å²) < 4.78 is 16.4. The zero-order chi connectivity index (χ0) is 16.6. The minimum Gasteiger partial charge on any atom is -0.496 e. The predicted molar refractivity (Wildman–Crippen MR) is 90.6 cm³/mol. The largest absolute Gasteiger partial charge is 0.496 e. The second kappa shape index (κ2) is 6.00. The van der Waals surface area contributed by atoms with Crippen LogP contribution < -0.4 is 19.5 Å². The van der Waals surface area contributed by atoms with E-state index in [2.05, 4.69) is 5.32 Å². The molecule has 0 aliphatic carbocycles. The summed E-state index contributed by atoms with van der Waals surface area (Å²) in [6.07, 6.45) is 1.47. The SMILES string of the molecule is COc1cc2c(cc1-c1ccc(C3(O)CCNCC3)cc1)OCO2. The van der Waals surface area contributed by atoms with Gasteiger partial charge in [0.1, 0.15) is 5.75 Å². The van der Waals surface area contributed by atoms with E-state index in [0.29, 0.717) is 5.75 Å². The van der Waals surface area contributed by atoms with Crippen molar-refractivity contribution in [3.8, 4) is 28.4 Å². The molecule has 2 aliphatic heterocycles. The third kappa shape index (κ3) is 2.60. The van der Waals surface area contributed by atoms with E-state index in [1.807, 2.05) is 36.4 Å². The predicted octanol–water partition coefficient (Wildman–Crippen LogP) is 2.66. The lowest BCUT2D eigenvalue weighted by Gasteiger charge is -2.33. The van der Waals surface area contributed by atoms with Gasteiger partial charge in [0.15, 0.2) is 11.5 Å². The topological polar surface area (TPSA) is 60.0 Å². The average molecular weight is 327 g/mol. The molecule has 24 heavy (non-hydrogen) atoms. The Labute approximate surface area is 141 Å². The molecule has 0 aromatic heterocycles. The van der Waals surface area contributed by atoms with Crippen LogP contribution in [0.15, 0.2) is 36.4 Å². The third-order valence-electron chi connectivity index (χ3n) is 4.86. The molecule has 126 valence electrons. The fourth-order valence-corrected chi connectivity index (χ4v) is 3.41. The van der Waals surface area contributed by atoms with Crippen LogP contribution in [0.5, 0.6) is 17.2 Å². The van der Waals surface area contributed by atoms with Gasteiger partial charge >= 0.3 is 0 Å². The Morgan fingerprint density at radius 2 is 1.71 bits per heavy atom. The Morgan fingerprint density at radius 1 is 1.04 bits per heavy atom. The number of ether oxygens (including phenoxy) is 3. The fourth-order valence-electron chi connectivity index (χ4n) is 3.41. The van der Waals surface area contributed by atoms with Gasteiger partial charge in [-0.2, -0.15) is 0 Å². The maximum absolute atomic E-state index is 10.8. The van der Waals surface area contributed by atoms with Crippen LogP contribution in [0.4, 0.5) is 0 Å². The molecule has 5 nitrogen and oxygen atoms in total. The first-order valence-electron chi connectivity index (χ1n) is 8.21. The van der Waals surface area contributed by atoms with Gasteiger partial charge in [0.25, 0.3) is 0 Å². The normalized spacial score (nSPS) is 18.4. The minimum atomic E-state index is -0.733. The van der Waals surface area contributed by atoms with Crippen LogP contribution in [0, 0.1) is 0 Å². The van der Waals surface area contributed by atoms with Gasteiger partial charge in [-0.1, -0.05) is 24.3 Å². The number of benzene rings is 2. The second-order valence-electron chi connectivity index (χ2n) is 6.26. The summed E-state index contributed by atoms with van der Waals surface area (Å²) in [5.41, 5.74) is 2.20. The van der Waals surface area contributed by atoms with Crippen molar-refractivity contribution < 1.29 is 19.3 Å². The van der Waals surface area contributed by atoms with Crippen molar-refractivity contribution in [1.82, 2.24) is 5.32 Å². The second-order valence-corrected chi connectivity index (χ2v) is 6.26. The van der Waals surface area contributed by atoms with E-state index in [4.69, 9.17) is 14.2 Å². The van der Waals surface area contributed by atoms with Crippen molar-refractivity contribution in [2.45, 2.75) is 18.4 Å². The number of methoxy groups -OCH3 is 1. The van der Waals surface area contributed by atoms with Crippen LogP contribution >= 0.6 is 0 Å². The zero-order valence-corrected chi connectivity index (χ0v) is 13.7. The van der Waals surface area contributed by atoms with Crippen LogP contribution in [0.1, 0.15) is 18.4 Å². The monoisotopic (exact) mass is 327 g/mol. The first kappa shape index (κ1) is 15.3. The molecule has 2 aromatic rings. The van der Waals surface area contributed by atoms with Gasteiger partial charge in [-0.05, 0) is 43.1 Å². The molecule has 1 saturated heterocycles. The maximum atomic E-state index is 10.8. The Kier molecular flexibility index (Phi) is 3.82. The Morgan fingerprint density at radius 3 is 2.38 bits per heavy atom. The Hall–Kier alpha value is -2.24. The summed E-state index contributed by atoms with van der Waals surface area (Å²) >= 11 is 0. The van der Waals surface area contributed by atoms with Crippen LogP contribution in [0.3, 0.4) is 0 Å². The molecular formula is C19H21NO4. The van der Waals surface area contributed by atoms with Gasteiger partial charge in [0, 0.05) is 11.6 Å². The molecule has 2 aromatic carbocycles. The van der Waals surface area contributed by atoms with Crippen LogP contribution in [-0.2, 0) is 5.60 Å². The first-order chi connectivity index (χ1) is 11.7. The highest BCUT2D eigenvalue weighted by Crippen LogP contribution is 2.43. The Balaban J connectivity index is 1.68. The lowest BCUT2D eigenvalue weighted by Crippen LogP contribution is -2.39. The van der Waals surface area contributed by atoms with E-state index >= 15 is 0 Å². The molecule has 1 fully saturated rings. The molecule has 0 bridgehead atoms. The van der Waals surface area contributed by atoms with Gasteiger partial charge in [-0.15, -0.1) is 0 Å². The molecule has 0 radical (unpaired) electrons. The van der Waals surface area contributed by atoms with E-state index in [0.717, 1.165) is 54.1 Å². The highest BCUT2D eigenvalue weighted by atomic mass is 16.7. The number of hydrogen-bond donors (Lipinski definition) is 2. The van der Waals surface area contributed by atoms with Crippen molar-refractivity contribution in [3.63, 3.8) is 0 Å². The minimum absolute atomic E-state index is 0.238. The Bertz CT molecular complexity index is 736. The van der Waals surface area contributed by atoms with Crippen molar-refractivity contribution in [3.05, 3.63) is 42.0 Å². The molecule has 5 heteroatoms. The summed E-state index contributed by atoms with van der Waals surface area (Å²) in [4.78, 5) is 0. The van der Waals surface area contributed by atoms with Crippen molar-refractivity contribution >= 4 is 0 Å². The van der Waals surface area contributed by atoms with Crippen molar-refractivity contribution in [2.24, 2.45) is 0 Å². The fraction of sp³-hybridized carbons (Fsp3) is 0.368. The summed E-state index contributed by atoms with van der Waals surface area (Å²) in [5, 5.41) is 14.1. The van der Waals surface area contributed by atoms with E-state index in [-0.39, 0.29) is 6.79 Å². The molecule has 0 atom stereocenters. The number of hydrogen-bond acceptors (Lipinski definition) is 5. The molecule has 2 aliphatic rings. The molecule has 4 rings (SSSR count). The lowest BCUT2D eigenvalue weighted by atomic mass is 9.84. The summed E-state index contributed by atoms with van der Waals surface area (Å²) in [5.74, 6) is 2.18. The summed E-state index contributed by atoms with van der Waals surface area (Å²) in [6.45, 7) is 1.92. The number of rotatable bonds is 3. The van der Waals surface area contributed by atoms with E-state index in [1.54, 1.807) is 7.11 Å². The van der Waals surface area contributed by atoms with Gasteiger partial charge in [-0.25, -0.2) is 0 Å². The standard InChI is InChI=1S/C19H21NO4/c1-22-16-11-18-17(23-12-24-18)10-15(16)13-2-4-14(5-3-13)19(21)6-8-20-9-7-19/h2-5,10-11,20-21H,6-9,12H2,1H3. The number of aliphatic hydroxyl groups is 1. The van der Waals surface area contributed by atoms with Gasteiger partial charge in [-0.3, -0.25) is 0 Å². The third-order valence-corrected chi connectivity index (χ3v) is 4.86. The number of fused-ring (bicyclic) bond motifs is 1. The van der Waals surface area contributed by atoms with E-state index in [9.17, 15) is 5.11 Å². The maximum Gasteiger partial charge on any atom is 0.231 e. The van der Waals surface area contributed by atoms with Crippen molar-refractivity contribution in [2.75, 3.05) is 27.0 Å². The van der Waals surface area contributed by atoms with Gasteiger partial charge in [0.05, 0.1) is 12.7 Å². The number of piperidine rings is 1. The first-order valence-corrected chi connectivity index (χ1v) is 8.21. The summed E-state index contributed by atoms with van der Waals surface area (Å²) in [7, 11) is 1.65. The molecule has 0 unspecified atom stereocenters. The van der Waals surface area contributed by atoms with E-state index < -0.39 is 5.60 Å². The lowest BCUT2D eigenvalue weighted by molar-refractivity contribution is 0.00595. The van der Waals surface area contributed by atoms with E-state index in [1.165, 1.54) is 0 Å². The zero-order valence-electron chi connectivity index (χ0n) is 13.7. The van der Waals surface area contributed by atoms with Crippen LogP contribution in [0.2, 0.25) is 0 Å². The molecular weight excluding hydrogens is 306 g/mol. The smallest absolute Gasteiger partial charge is 0.231 e. The molecule has 0 saturated carbocycles. The molecule has 0 amide bonds.